The molecule has 5 heteroatoms. The molecule has 2 aromatic carbocycles. The molecule has 0 bridgehead atoms. The van der Waals surface area contributed by atoms with Crippen LogP contribution in [0.15, 0.2) is 44.0 Å². The lowest BCUT2D eigenvalue weighted by Gasteiger charge is -2.11. The van der Waals surface area contributed by atoms with E-state index in [4.69, 9.17) is 8.83 Å². The summed E-state index contributed by atoms with van der Waals surface area (Å²) in [5.74, 6) is 0.725. The van der Waals surface area contributed by atoms with E-state index in [0.29, 0.717) is 23.2 Å². The first-order valence-electron chi connectivity index (χ1n) is 10.1. The highest BCUT2D eigenvalue weighted by Crippen LogP contribution is 2.31. The molecule has 30 heavy (non-hydrogen) atoms. The largest absolute Gasteiger partial charge is 0.461 e. The van der Waals surface area contributed by atoms with E-state index in [1.54, 1.807) is 6.07 Å². The molecular weight excluding hydrogens is 378 g/mol. The van der Waals surface area contributed by atoms with Gasteiger partial charge in [0.2, 0.25) is 5.91 Å². The average Bonchev–Trinajstić information content (AvgIpc) is 2.97. The van der Waals surface area contributed by atoms with E-state index in [9.17, 15) is 9.59 Å². The van der Waals surface area contributed by atoms with E-state index < -0.39 is 5.63 Å². The van der Waals surface area contributed by atoms with Gasteiger partial charge in [-0.15, -0.1) is 0 Å². The lowest BCUT2D eigenvalue weighted by Crippen LogP contribution is -2.17. The molecule has 0 aliphatic carbocycles. The van der Waals surface area contributed by atoms with E-state index in [1.807, 2.05) is 58.9 Å². The second-order valence-corrected chi connectivity index (χ2v) is 7.92. The number of carbonyl (C=O) groups excluding carboxylic acids is 1. The summed E-state index contributed by atoms with van der Waals surface area (Å²) in [6.45, 7) is 9.83. The number of hydrogen-bond acceptors (Lipinski definition) is 4. The van der Waals surface area contributed by atoms with Crippen LogP contribution in [0.25, 0.3) is 21.9 Å². The molecule has 154 valence electrons. The van der Waals surface area contributed by atoms with E-state index in [1.165, 1.54) is 0 Å². The standard InChI is InChI=1S/C25H25NO4/c1-13-7-6-8-21(14(13)2)26-24(27)10-9-18-16(4)20-11-19-15(3)17(5)29-22(19)12-23(20)30-25(18)28/h6-8,11-12H,9-10H2,1-5H3,(H,26,27). The SMILES string of the molecule is Cc1cccc(NC(=O)CCc2c(C)c3cc4c(C)c(C)oc4cc3oc2=O)c1C. The van der Waals surface area contributed by atoms with Gasteiger partial charge in [0, 0.05) is 34.5 Å². The lowest BCUT2D eigenvalue weighted by molar-refractivity contribution is -0.116. The van der Waals surface area contributed by atoms with Crippen LogP contribution in [0.2, 0.25) is 0 Å². The van der Waals surface area contributed by atoms with Crippen molar-refractivity contribution in [2.24, 2.45) is 0 Å². The van der Waals surface area contributed by atoms with Gasteiger partial charge in [0.15, 0.2) is 0 Å². The normalized spacial score (nSPS) is 11.4. The van der Waals surface area contributed by atoms with Gasteiger partial charge in [0.25, 0.3) is 0 Å². The minimum Gasteiger partial charge on any atom is -0.461 e. The first kappa shape index (κ1) is 20.0. The Hall–Kier alpha value is -3.34. The number of amides is 1. The summed E-state index contributed by atoms with van der Waals surface area (Å²) in [4.78, 5) is 25.1. The van der Waals surface area contributed by atoms with Crippen LogP contribution in [0.5, 0.6) is 0 Å². The monoisotopic (exact) mass is 403 g/mol. The third-order valence-corrected chi connectivity index (χ3v) is 6.06. The van der Waals surface area contributed by atoms with Crippen molar-refractivity contribution >= 4 is 33.5 Å². The van der Waals surface area contributed by atoms with Crippen LogP contribution >= 0.6 is 0 Å². The van der Waals surface area contributed by atoms with Gasteiger partial charge in [-0.1, -0.05) is 12.1 Å². The Balaban J connectivity index is 1.63. The molecule has 4 rings (SSSR count). The zero-order valence-electron chi connectivity index (χ0n) is 17.9. The fourth-order valence-corrected chi connectivity index (χ4v) is 3.85. The summed E-state index contributed by atoms with van der Waals surface area (Å²) in [5.41, 5.74) is 6.23. The van der Waals surface area contributed by atoms with Crippen LogP contribution in [0, 0.1) is 34.6 Å². The minimum absolute atomic E-state index is 0.126. The molecule has 0 aliphatic heterocycles. The molecule has 0 unspecified atom stereocenters. The molecule has 4 aromatic rings. The van der Waals surface area contributed by atoms with Crippen LogP contribution < -0.4 is 10.9 Å². The average molecular weight is 403 g/mol. The Bertz CT molecular complexity index is 1360. The maximum Gasteiger partial charge on any atom is 0.339 e. The fourth-order valence-electron chi connectivity index (χ4n) is 3.85. The number of rotatable bonds is 4. The van der Waals surface area contributed by atoms with E-state index >= 15 is 0 Å². The highest BCUT2D eigenvalue weighted by molar-refractivity contribution is 5.97. The molecule has 1 amide bonds. The van der Waals surface area contributed by atoms with Crippen molar-refractivity contribution in [3.05, 3.63) is 74.3 Å². The maximum atomic E-state index is 12.6. The summed E-state index contributed by atoms with van der Waals surface area (Å²) < 4.78 is 11.3. The molecule has 0 aliphatic rings. The molecule has 5 nitrogen and oxygen atoms in total. The van der Waals surface area contributed by atoms with Gasteiger partial charge < -0.3 is 14.2 Å². The highest BCUT2D eigenvalue weighted by Gasteiger charge is 2.16. The molecule has 0 saturated heterocycles. The smallest absolute Gasteiger partial charge is 0.339 e. The van der Waals surface area contributed by atoms with E-state index in [-0.39, 0.29) is 12.3 Å². The number of anilines is 1. The Kier molecular flexibility index (Phi) is 4.98. The van der Waals surface area contributed by atoms with Gasteiger partial charge in [0.05, 0.1) is 0 Å². The van der Waals surface area contributed by atoms with Gasteiger partial charge in [-0.05, 0) is 75.4 Å². The molecule has 0 spiro atoms. The van der Waals surface area contributed by atoms with Crippen LogP contribution in [0.4, 0.5) is 5.69 Å². The van der Waals surface area contributed by atoms with Crippen LogP contribution in [0.1, 0.15) is 40.0 Å². The molecule has 0 fully saturated rings. The van der Waals surface area contributed by atoms with E-state index in [0.717, 1.165) is 44.5 Å². The Labute approximate surface area is 174 Å². The summed E-state index contributed by atoms with van der Waals surface area (Å²) >= 11 is 0. The van der Waals surface area contributed by atoms with Crippen molar-refractivity contribution in [1.29, 1.82) is 0 Å². The number of fused-ring (bicyclic) bond motifs is 2. The first-order chi connectivity index (χ1) is 14.3. The summed E-state index contributed by atoms with van der Waals surface area (Å²) in [5, 5.41) is 4.83. The molecular formula is C25H25NO4. The number of nitrogens with one attached hydrogen (secondary N) is 1. The lowest BCUT2D eigenvalue weighted by atomic mass is 10.00. The second-order valence-electron chi connectivity index (χ2n) is 7.92. The number of carbonyl (C=O) groups is 1. The predicted molar refractivity (Wildman–Crippen MR) is 119 cm³/mol. The maximum absolute atomic E-state index is 12.6. The van der Waals surface area contributed by atoms with Gasteiger partial charge in [-0.3, -0.25) is 4.79 Å². The quantitative estimate of drug-likeness (QED) is 0.447. The van der Waals surface area contributed by atoms with Crippen LogP contribution in [0.3, 0.4) is 0 Å². The van der Waals surface area contributed by atoms with Crippen molar-refractivity contribution < 1.29 is 13.6 Å². The summed E-state index contributed by atoms with van der Waals surface area (Å²) in [7, 11) is 0. The minimum atomic E-state index is -0.404. The van der Waals surface area contributed by atoms with Crippen molar-refractivity contribution in [3.63, 3.8) is 0 Å². The van der Waals surface area contributed by atoms with E-state index in [2.05, 4.69) is 5.32 Å². The van der Waals surface area contributed by atoms with Gasteiger partial charge in [-0.25, -0.2) is 4.79 Å². The number of benzene rings is 2. The molecule has 0 saturated carbocycles. The Morgan fingerprint density at radius 1 is 0.900 bits per heavy atom. The predicted octanol–water partition coefficient (Wildman–Crippen LogP) is 5.65. The van der Waals surface area contributed by atoms with Crippen molar-refractivity contribution in [3.8, 4) is 0 Å². The Morgan fingerprint density at radius 2 is 1.60 bits per heavy atom. The van der Waals surface area contributed by atoms with Crippen LogP contribution in [-0.2, 0) is 11.2 Å². The van der Waals surface area contributed by atoms with Crippen LogP contribution in [-0.4, -0.2) is 5.91 Å². The van der Waals surface area contributed by atoms with Gasteiger partial charge in [0.1, 0.15) is 16.9 Å². The van der Waals surface area contributed by atoms with Crippen molar-refractivity contribution in [2.75, 3.05) is 5.32 Å². The zero-order chi connectivity index (χ0) is 21.6. The second kappa shape index (κ2) is 7.48. The summed E-state index contributed by atoms with van der Waals surface area (Å²) in [6, 6.07) is 9.59. The Morgan fingerprint density at radius 3 is 2.37 bits per heavy atom. The fraction of sp³-hybridized carbons (Fsp3) is 0.280. The number of hydrogen-bond donors (Lipinski definition) is 1. The topological polar surface area (TPSA) is 72.5 Å². The van der Waals surface area contributed by atoms with Gasteiger partial charge >= 0.3 is 5.63 Å². The van der Waals surface area contributed by atoms with Crippen molar-refractivity contribution in [1.82, 2.24) is 0 Å². The number of aryl methyl sites for hydroxylation is 4. The third kappa shape index (κ3) is 3.41. The molecule has 1 N–H and O–H groups in total. The third-order valence-electron chi connectivity index (χ3n) is 6.06. The first-order valence-corrected chi connectivity index (χ1v) is 10.1. The molecule has 0 radical (unpaired) electrons. The van der Waals surface area contributed by atoms with Crippen molar-refractivity contribution in [2.45, 2.75) is 47.5 Å². The molecule has 2 aromatic heterocycles. The number of furan rings is 1. The molecule has 0 atom stereocenters. The summed E-state index contributed by atoms with van der Waals surface area (Å²) in [6.07, 6.45) is 0.527. The molecule has 2 heterocycles. The highest BCUT2D eigenvalue weighted by atomic mass is 16.4. The zero-order valence-corrected chi connectivity index (χ0v) is 17.9. The van der Waals surface area contributed by atoms with Gasteiger partial charge in [-0.2, -0.15) is 0 Å².